The van der Waals surface area contributed by atoms with Gasteiger partial charge in [-0.1, -0.05) is 13.0 Å². The van der Waals surface area contributed by atoms with Crippen LogP contribution in [0.25, 0.3) is 0 Å². The van der Waals surface area contributed by atoms with E-state index in [0.29, 0.717) is 6.04 Å². The van der Waals surface area contributed by atoms with Crippen LogP contribution in [-0.2, 0) is 0 Å². The summed E-state index contributed by atoms with van der Waals surface area (Å²) in [7, 11) is 2.08. The fraction of sp³-hybridized carbons (Fsp3) is 0.643. The number of nitrogens with zero attached hydrogens (tertiary/aromatic N) is 3. The summed E-state index contributed by atoms with van der Waals surface area (Å²) in [5.74, 6) is 1.07. The monoisotopic (exact) mass is 233 g/mol. The van der Waals surface area contributed by atoms with Crippen molar-refractivity contribution < 1.29 is 0 Å². The summed E-state index contributed by atoms with van der Waals surface area (Å²) in [5, 5.41) is 0. The van der Waals surface area contributed by atoms with Gasteiger partial charge in [-0.25, -0.2) is 4.98 Å². The molecule has 1 aliphatic heterocycles. The van der Waals surface area contributed by atoms with Crippen LogP contribution in [-0.4, -0.2) is 36.6 Å². The van der Waals surface area contributed by atoms with E-state index in [9.17, 15) is 0 Å². The van der Waals surface area contributed by atoms with Crippen LogP contribution in [0.1, 0.15) is 38.3 Å². The van der Waals surface area contributed by atoms with Crippen LogP contribution in [0.2, 0.25) is 0 Å². The van der Waals surface area contributed by atoms with Gasteiger partial charge in [0.05, 0.1) is 0 Å². The van der Waals surface area contributed by atoms with Crippen LogP contribution in [0, 0.1) is 0 Å². The highest BCUT2D eigenvalue weighted by atomic mass is 15.2. The van der Waals surface area contributed by atoms with Gasteiger partial charge in [-0.3, -0.25) is 4.90 Å². The summed E-state index contributed by atoms with van der Waals surface area (Å²) >= 11 is 0. The van der Waals surface area contributed by atoms with E-state index < -0.39 is 0 Å². The first-order valence-corrected chi connectivity index (χ1v) is 6.67. The summed E-state index contributed by atoms with van der Waals surface area (Å²) in [6, 6.07) is 4.98. The number of anilines is 1. The molecule has 1 fully saturated rings. The Labute approximate surface area is 104 Å². The Kier molecular flexibility index (Phi) is 4.00. The summed E-state index contributed by atoms with van der Waals surface area (Å²) < 4.78 is 0. The predicted molar refractivity (Wildman–Crippen MR) is 72.4 cm³/mol. The minimum atomic E-state index is 0.591. The van der Waals surface area contributed by atoms with Crippen molar-refractivity contribution in [2.24, 2.45) is 0 Å². The van der Waals surface area contributed by atoms with Gasteiger partial charge in [0.2, 0.25) is 0 Å². The molecule has 0 aromatic carbocycles. The van der Waals surface area contributed by atoms with Gasteiger partial charge in [0.25, 0.3) is 0 Å². The van der Waals surface area contributed by atoms with Crippen molar-refractivity contribution in [3.05, 3.63) is 23.9 Å². The normalized spacial score (nSPS) is 20.8. The molecule has 0 aliphatic carbocycles. The van der Waals surface area contributed by atoms with Gasteiger partial charge in [0.1, 0.15) is 5.82 Å². The first-order chi connectivity index (χ1) is 8.26. The van der Waals surface area contributed by atoms with Crippen molar-refractivity contribution in [1.82, 2.24) is 9.88 Å². The molecule has 1 aromatic rings. The van der Waals surface area contributed by atoms with Gasteiger partial charge in [-0.15, -0.1) is 0 Å². The van der Waals surface area contributed by atoms with Gasteiger partial charge < -0.3 is 4.90 Å². The third kappa shape index (κ3) is 2.60. The van der Waals surface area contributed by atoms with E-state index in [-0.39, 0.29) is 0 Å². The second-order valence-electron chi connectivity index (χ2n) is 4.75. The standard InChI is InChI=1S/C14H23N3/c1-4-16(3)14-9-8-12(11-15-14)13-7-6-10-17(13)5-2/h8-9,11,13H,4-7,10H2,1-3H3. The molecule has 0 radical (unpaired) electrons. The van der Waals surface area contributed by atoms with Crippen LogP contribution in [0.4, 0.5) is 5.82 Å². The zero-order valence-electron chi connectivity index (χ0n) is 11.2. The predicted octanol–water partition coefficient (Wildman–Crippen LogP) is 2.69. The fourth-order valence-electron chi connectivity index (χ4n) is 2.56. The Balaban J connectivity index is 2.12. The minimum absolute atomic E-state index is 0.591. The second kappa shape index (κ2) is 5.50. The Hall–Kier alpha value is -1.09. The molecule has 17 heavy (non-hydrogen) atoms. The van der Waals surface area contributed by atoms with Crippen LogP contribution >= 0.6 is 0 Å². The highest BCUT2D eigenvalue weighted by Gasteiger charge is 2.24. The topological polar surface area (TPSA) is 19.4 Å². The zero-order chi connectivity index (χ0) is 12.3. The van der Waals surface area contributed by atoms with Crippen LogP contribution in [0.15, 0.2) is 18.3 Å². The maximum absolute atomic E-state index is 4.56. The number of hydrogen-bond donors (Lipinski definition) is 0. The van der Waals surface area contributed by atoms with E-state index >= 15 is 0 Å². The maximum atomic E-state index is 4.56. The van der Waals surface area contributed by atoms with Crippen molar-refractivity contribution in [1.29, 1.82) is 0 Å². The molecule has 0 amide bonds. The van der Waals surface area contributed by atoms with Crippen LogP contribution in [0.5, 0.6) is 0 Å². The molecular weight excluding hydrogens is 210 g/mol. The summed E-state index contributed by atoms with van der Waals surface area (Å²) in [6.07, 6.45) is 4.65. The molecule has 0 spiro atoms. The van der Waals surface area contributed by atoms with E-state index in [4.69, 9.17) is 0 Å². The number of likely N-dealkylation sites (tertiary alicyclic amines) is 1. The summed E-state index contributed by atoms with van der Waals surface area (Å²) in [6.45, 7) is 7.76. The van der Waals surface area contributed by atoms with E-state index in [1.807, 2.05) is 0 Å². The Bertz CT molecular complexity index is 347. The van der Waals surface area contributed by atoms with Crippen molar-refractivity contribution >= 4 is 5.82 Å². The number of pyridine rings is 1. The average molecular weight is 233 g/mol. The summed E-state index contributed by atoms with van der Waals surface area (Å²) in [5.41, 5.74) is 1.37. The molecule has 2 rings (SSSR count). The van der Waals surface area contributed by atoms with Gasteiger partial charge in [0, 0.05) is 25.8 Å². The molecular formula is C14H23N3. The molecule has 1 unspecified atom stereocenters. The quantitative estimate of drug-likeness (QED) is 0.797. The second-order valence-corrected chi connectivity index (χ2v) is 4.75. The number of aromatic nitrogens is 1. The van der Waals surface area contributed by atoms with Crippen LogP contribution in [0.3, 0.4) is 0 Å². The molecule has 2 heterocycles. The lowest BCUT2D eigenvalue weighted by molar-refractivity contribution is 0.271. The third-order valence-electron chi connectivity index (χ3n) is 3.79. The van der Waals surface area contributed by atoms with E-state index in [0.717, 1.165) is 18.9 Å². The van der Waals surface area contributed by atoms with E-state index in [2.05, 4.69) is 54.0 Å². The largest absolute Gasteiger partial charge is 0.360 e. The molecule has 1 atom stereocenters. The highest BCUT2D eigenvalue weighted by Crippen LogP contribution is 2.31. The van der Waals surface area contributed by atoms with E-state index in [1.165, 1.54) is 24.9 Å². The molecule has 3 heteroatoms. The fourth-order valence-corrected chi connectivity index (χ4v) is 2.56. The molecule has 1 saturated heterocycles. The maximum Gasteiger partial charge on any atom is 0.128 e. The molecule has 0 N–H and O–H groups in total. The van der Waals surface area contributed by atoms with Gasteiger partial charge >= 0.3 is 0 Å². The van der Waals surface area contributed by atoms with E-state index in [1.54, 1.807) is 0 Å². The molecule has 1 aromatic heterocycles. The highest BCUT2D eigenvalue weighted by molar-refractivity contribution is 5.38. The Morgan fingerprint density at radius 3 is 2.82 bits per heavy atom. The molecule has 1 aliphatic rings. The third-order valence-corrected chi connectivity index (χ3v) is 3.79. The van der Waals surface area contributed by atoms with Crippen molar-refractivity contribution in [3.63, 3.8) is 0 Å². The van der Waals surface area contributed by atoms with Gasteiger partial charge in [0.15, 0.2) is 0 Å². The minimum Gasteiger partial charge on any atom is -0.360 e. The molecule has 0 saturated carbocycles. The first kappa shape index (κ1) is 12.4. The lowest BCUT2D eigenvalue weighted by Crippen LogP contribution is -2.23. The number of rotatable bonds is 4. The SMILES string of the molecule is CCN(C)c1ccc(C2CCCN2CC)cn1. The first-order valence-electron chi connectivity index (χ1n) is 6.67. The average Bonchev–Trinajstić information content (AvgIpc) is 2.86. The van der Waals surface area contributed by atoms with Crippen molar-refractivity contribution in [2.75, 3.05) is 31.6 Å². The zero-order valence-corrected chi connectivity index (χ0v) is 11.2. The van der Waals surface area contributed by atoms with Crippen LogP contribution < -0.4 is 4.90 Å². The van der Waals surface area contributed by atoms with Crippen molar-refractivity contribution in [3.8, 4) is 0 Å². The molecule has 3 nitrogen and oxygen atoms in total. The molecule has 94 valence electrons. The smallest absolute Gasteiger partial charge is 0.128 e. The van der Waals surface area contributed by atoms with Gasteiger partial charge in [-0.2, -0.15) is 0 Å². The summed E-state index contributed by atoms with van der Waals surface area (Å²) in [4.78, 5) is 9.27. The Morgan fingerprint density at radius 1 is 1.41 bits per heavy atom. The Morgan fingerprint density at radius 2 is 2.24 bits per heavy atom. The van der Waals surface area contributed by atoms with Gasteiger partial charge in [-0.05, 0) is 44.5 Å². The van der Waals surface area contributed by atoms with Crippen molar-refractivity contribution in [2.45, 2.75) is 32.7 Å². The number of hydrogen-bond acceptors (Lipinski definition) is 3. The lowest BCUT2D eigenvalue weighted by Gasteiger charge is -2.23. The lowest BCUT2D eigenvalue weighted by atomic mass is 10.1. The molecule has 0 bridgehead atoms.